The van der Waals surface area contributed by atoms with Crippen molar-refractivity contribution in [1.82, 2.24) is 9.88 Å². The molecule has 5 nitrogen and oxygen atoms in total. The Balaban J connectivity index is 1.27. The Hall–Kier alpha value is -1.50. The van der Waals surface area contributed by atoms with E-state index in [-0.39, 0.29) is 5.41 Å². The van der Waals surface area contributed by atoms with Gasteiger partial charge in [0, 0.05) is 26.2 Å². The molecule has 0 spiro atoms. The number of hydrogen-bond donors (Lipinski definition) is 0. The lowest BCUT2D eigenvalue weighted by molar-refractivity contribution is -0.143. The van der Waals surface area contributed by atoms with Crippen molar-refractivity contribution in [2.24, 2.45) is 23.2 Å². The van der Waals surface area contributed by atoms with Crippen LogP contribution in [0.25, 0.3) is 10.2 Å². The second-order valence-electron chi connectivity index (χ2n) is 10.9. The number of aryl methyl sites for hydroxylation is 1. The van der Waals surface area contributed by atoms with E-state index in [9.17, 15) is 4.79 Å². The predicted molar refractivity (Wildman–Crippen MR) is 129 cm³/mol. The van der Waals surface area contributed by atoms with Crippen molar-refractivity contribution in [1.29, 1.82) is 0 Å². The van der Waals surface area contributed by atoms with Gasteiger partial charge < -0.3 is 4.74 Å². The zero-order valence-corrected chi connectivity index (χ0v) is 20.0. The number of rotatable bonds is 6. The molecule has 0 atom stereocenters. The smallest absolute Gasteiger partial charge is 0.235 e. The summed E-state index contributed by atoms with van der Waals surface area (Å²) >= 11 is 1.70. The molecule has 1 amide bonds. The van der Waals surface area contributed by atoms with Crippen LogP contribution in [-0.4, -0.2) is 55.2 Å². The third kappa shape index (κ3) is 3.88. The highest BCUT2D eigenvalue weighted by molar-refractivity contribution is 7.22. The first kappa shape index (κ1) is 21.1. The number of thiazole rings is 1. The molecule has 4 saturated carbocycles. The molecule has 0 N–H and O–H groups in total. The summed E-state index contributed by atoms with van der Waals surface area (Å²) in [4.78, 5) is 23.8. The first-order chi connectivity index (χ1) is 15.6. The van der Waals surface area contributed by atoms with Crippen molar-refractivity contribution in [2.45, 2.75) is 51.9 Å². The number of carbonyl (C=O) groups is 1. The van der Waals surface area contributed by atoms with Gasteiger partial charge in [0.2, 0.25) is 5.91 Å². The van der Waals surface area contributed by atoms with Crippen molar-refractivity contribution in [3.05, 3.63) is 23.8 Å². The van der Waals surface area contributed by atoms with Gasteiger partial charge in [0.25, 0.3) is 0 Å². The maximum atomic E-state index is 14.3. The van der Waals surface area contributed by atoms with E-state index in [1.165, 1.54) is 29.5 Å². The monoisotopic (exact) mass is 453 g/mol. The van der Waals surface area contributed by atoms with E-state index in [0.717, 1.165) is 93.5 Å². The number of amides is 1. The minimum atomic E-state index is -0.124. The summed E-state index contributed by atoms with van der Waals surface area (Å²) in [5.74, 6) is 2.71. The molecule has 1 aromatic heterocycles. The molecule has 0 radical (unpaired) electrons. The van der Waals surface area contributed by atoms with Crippen molar-refractivity contribution < 1.29 is 9.53 Å². The van der Waals surface area contributed by atoms with Crippen molar-refractivity contribution in [2.75, 3.05) is 44.3 Å². The zero-order valence-electron chi connectivity index (χ0n) is 19.2. The van der Waals surface area contributed by atoms with Crippen molar-refractivity contribution in [3.63, 3.8) is 0 Å². The Bertz CT molecular complexity index is 961. The third-order valence-electron chi connectivity index (χ3n) is 8.46. The maximum absolute atomic E-state index is 14.3. The lowest BCUT2D eigenvalue weighted by atomic mass is 9.49. The summed E-state index contributed by atoms with van der Waals surface area (Å²) in [5.41, 5.74) is 2.15. The molecule has 5 aliphatic rings. The van der Waals surface area contributed by atoms with Crippen LogP contribution >= 0.6 is 11.3 Å². The molecular formula is C26H35N3O2S. The fourth-order valence-corrected chi connectivity index (χ4v) is 8.44. The summed E-state index contributed by atoms with van der Waals surface area (Å²) in [6.07, 6.45) is 8.43. The molecule has 2 heterocycles. The van der Waals surface area contributed by atoms with E-state index < -0.39 is 0 Å². The molecule has 1 saturated heterocycles. The average Bonchev–Trinajstić information content (AvgIpc) is 3.19. The van der Waals surface area contributed by atoms with E-state index in [4.69, 9.17) is 9.72 Å². The van der Waals surface area contributed by atoms with Gasteiger partial charge in [-0.3, -0.25) is 14.6 Å². The number of nitrogens with zero attached hydrogens (tertiary/aromatic N) is 3. The summed E-state index contributed by atoms with van der Waals surface area (Å²) in [5, 5.41) is 0.910. The number of hydrogen-bond acceptors (Lipinski definition) is 5. The van der Waals surface area contributed by atoms with Crippen LogP contribution in [-0.2, 0) is 9.53 Å². The van der Waals surface area contributed by atoms with Gasteiger partial charge in [-0.25, -0.2) is 4.98 Å². The number of aromatic nitrogens is 1. The number of carbonyl (C=O) groups excluding carboxylic acids is 1. The zero-order chi connectivity index (χ0) is 21.7. The van der Waals surface area contributed by atoms with E-state index in [1.54, 1.807) is 11.3 Å². The molecule has 5 fully saturated rings. The van der Waals surface area contributed by atoms with Crippen LogP contribution in [0.4, 0.5) is 5.13 Å². The Morgan fingerprint density at radius 2 is 1.84 bits per heavy atom. The van der Waals surface area contributed by atoms with Gasteiger partial charge >= 0.3 is 0 Å². The van der Waals surface area contributed by atoms with E-state index in [2.05, 4.69) is 34.9 Å². The molecule has 1 aliphatic heterocycles. The van der Waals surface area contributed by atoms with Gasteiger partial charge in [0.15, 0.2) is 5.13 Å². The van der Waals surface area contributed by atoms with Crippen molar-refractivity contribution in [3.8, 4) is 0 Å². The molecule has 172 valence electrons. The van der Waals surface area contributed by atoms with Crippen LogP contribution in [0.15, 0.2) is 18.2 Å². The van der Waals surface area contributed by atoms with E-state index in [0.29, 0.717) is 5.91 Å². The first-order valence-electron chi connectivity index (χ1n) is 12.6. The van der Waals surface area contributed by atoms with Crippen LogP contribution in [0.5, 0.6) is 0 Å². The molecule has 6 heteroatoms. The Kier molecular flexibility index (Phi) is 5.51. The average molecular weight is 454 g/mol. The maximum Gasteiger partial charge on any atom is 0.235 e. The van der Waals surface area contributed by atoms with Gasteiger partial charge in [-0.15, -0.1) is 0 Å². The number of ether oxygens (including phenoxy) is 1. The molecule has 2 aromatic rings. The van der Waals surface area contributed by atoms with Crippen LogP contribution in [0, 0.1) is 30.1 Å². The van der Waals surface area contributed by atoms with E-state index in [1.807, 2.05) is 0 Å². The summed E-state index contributed by atoms with van der Waals surface area (Å²) < 4.78 is 6.69. The molecule has 0 unspecified atom stereocenters. The normalized spacial score (nSPS) is 32.0. The van der Waals surface area contributed by atoms with Crippen molar-refractivity contribution >= 4 is 32.6 Å². The third-order valence-corrected chi connectivity index (χ3v) is 9.50. The van der Waals surface area contributed by atoms with Crippen LogP contribution in [0.1, 0.15) is 50.5 Å². The lowest BCUT2D eigenvalue weighted by Crippen LogP contribution is -2.55. The molecule has 7 rings (SSSR count). The molecule has 32 heavy (non-hydrogen) atoms. The number of fused-ring (bicyclic) bond motifs is 1. The fourth-order valence-electron chi connectivity index (χ4n) is 7.36. The predicted octanol–water partition coefficient (Wildman–Crippen LogP) is 4.88. The largest absolute Gasteiger partial charge is 0.379 e. The molecule has 1 aromatic carbocycles. The van der Waals surface area contributed by atoms with Crippen LogP contribution in [0.2, 0.25) is 0 Å². The highest BCUT2D eigenvalue weighted by Crippen LogP contribution is 2.60. The number of benzene rings is 1. The Morgan fingerprint density at radius 1 is 1.16 bits per heavy atom. The van der Waals surface area contributed by atoms with E-state index >= 15 is 0 Å². The highest BCUT2D eigenvalue weighted by Gasteiger charge is 2.56. The minimum Gasteiger partial charge on any atom is -0.379 e. The SMILES string of the molecule is Cc1ccc2nc(N(CCCN3CCOCC3)C(=O)C34CC5CC(CC(C5)C3)C4)sc2c1. The topological polar surface area (TPSA) is 45.7 Å². The van der Waals surface area contributed by atoms with Gasteiger partial charge in [0.1, 0.15) is 0 Å². The summed E-state index contributed by atoms with van der Waals surface area (Å²) in [7, 11) is 0. The molecule has 4 bridgehead atoms. The van der Waals surface area contributed by atoms with Gasteiger partial charge in [-0.05, 0) is 87.3 Å². The Morgan fingerprint density at radius 3 is 2.53 bits per heavy atom. The summed E-state index contributed by atoms with van der Waals surface area (Å²) in [6.45, 7) is 7.58. The van der Waals surface area contributed by atoms with Gasteiger partial charge in [-0.2, -0.15) is 0 Å². The fraction of sp³-hybridized carbons (Fsp3) is 0.692. The minimum absolute atomic E-state index is 0.124. The van der Waals surface area contributed by atoms with Gasteiger partial charge in [0.05, 0.1) is 28.8 Å². The Labute approximate surface area is 195 Å². The van der Waals surface area contributed by atoms with Crippen LogP contribution < -0.4 is 4.90 Å². The van der Waals surface area contributed by atoms with Gasteiger partial charge in [-0.1, -0.05) is 17.4 Å². The highest BCUT2D eigenvalue weighted by atomic mass is 32.1. The molecular weight excluding hydrogens is 418 g/mol. The second kappa shape index (κ2) is 8.37. The second-order valence-corrected chi connectivity index (χ2v) is 11.9. The lowest BCUT2D eigenvalue weighted by Gasteiger charge is -2.56. The van der Waals surface area contributed by atoms with Crippen LogP contribution in [0.3, 0.4) is 0 Å². The number of morpholine rings is 1. The first-order valence-corrected chi connectivity index (χ1v) is 13.4. The number of anilines is 1. The molecule has 4 aliphatic carbocycles. The quantitative estimate of drug-likeness (QED) is 0.626. The standard InChI is InChI=1S/C26H35N3O2S/c1-18-3-4-22-23(11-18)32-25(27-22)29(6-2-5-28-7-9-31-10-8-28)24(30)26-15-19-12-20(16-26)14-21(13-19)17-26/h3-4,11,19-21H,2,5-10,12-17H2,1H3. The summed E-state index contributed by atoms with van der Waals surface area (Å²) in [6, 6.07) is 6.43.